The summed E-state index contributed by atoms with van der Waals surface area (Å²) in [5, 5.41) is 9.79. The molecule has 0 fully saturated rings. The monoisotopic (exact) mass is 258 g/mol. The van der Waals surface area contributed by atoms with Crippen molar-refractivity contribution in [3.8, 4) is 0 Å². The van der Waals surface area contributed by atoms with E-state index in [0.29, 0.717) is 10.0 Å². The maximum Gasteiger partial charge on any atom is 0.0958 e. The van der Waals surface area contributed by atoms with Gasteiger partial charge in [0.2, 0.25) is 0 Å². The Morgan fingerprint density at radius 3 is 2.69 bits per heavy atom. The normalized spacial score (nSPS) is 11.2. The second-order valence-corrected chi connectivity index (χ2v) is 4.44. The van der Waals surface area contributed by atoms with Crippen LogP contribution in [-0.4, -0.2) is 21.3 Å². The Bertz CT molecular complexity index is 496. The lowest BCUT2D eigenvalue weighted by molar-refractivity contribution is 0.281. The fraction of sp³-hybridized carbons (Fsp3) is 0.364. The molecule has 1 heterocycles. The lowest BCUT2D eigenvalue weighted by Crippen LogP contribution is -1.97. The van der Waals surface area contributed by atoms with Crippen molar-refractivity contribution < 1.29 is 5.11 Å². The maximum absolute atomic E-state index is 8.73. The van der Waals surface area contributed by atoms with Gasteiger partial charge in [0.15, 0.2) is 0 Å². The van der Waals surface area contributed by atoms with Crippen LogP contribution in [-0.2, 0) is 6.54 Å². The second kappa shape index (κ2) is 5.04. The summed E-state index contributed by atoms with van der Waals surface area (Å²) < 4.78 is 2.02. The molecule has 0 aliphatic carbocycles. The van der Waals surface area contributed by atoms with Crippen LogP contribution in [0.4, 0.5) is 0 Å². The van der Waals surface area contributed by atoms with Gasteiger partial charge in [0, 0.05) is 13.2 Å². The van der Waals surface area contributed by atoms with Gasteiger partial charge in [-0.1, -0.05) is 23.2 Å². The van der Waals surface area contributed by atoms with Crippen molar-refractivity contribution in [1.29, 1.82) is 0 Å². The Balaban J connectivity index is 2.29. The molecule has 1 aromatic heterocycles. The number of aromatic nitrogens is 2. The van der Waals surface area contributed by atoms with Crippen LogP contribution in [0.15, 0.2) is 18.5 Å². The van der Waals surface area contributed by atoms with Crippen molar-refractivity contribution in [2.24, 2.45) is 0 Å². The van der Waals surface area contributed by atoms with Crippen molar-refractivity contribution in [3.63, 3.8) is 0 Å². The summed E-state index contributed by atoms with van der Waals surface area (Å²) in [6, 6.07) is 3.59. The third-order valence-corrected chi connectivity index (χ3v) is 3.19. The van der Waals surface area contributed by atoms with E-state index in [4.69, 9.17) is 28.3 Å². The summed E-state index contributed by atoms with van der Waals surface area (Å²) in [6.45, 7) is 1.05. The number of aliphatic hydroxyl groups is 1. The molecule has 0 unspecified atom stereocenters. The lowest BCUT2D eigenvalue weighted by Gasteiger charge is -2.03. The van der Waals surface area contributed by atoms with Gasteiger partial charge in [0.1, 0.15) is 0 Å². The van der Waals surface area contributed by atoms with Gasteiger partial charge in [-0.15, -0.1) is 0 Å². The van der Waals surface area contributed by atoms with E-state index in [1.165, 1.54) is 0 Å². The van der Waals surface area contributed by atoms with E-state index < -0.39 is 0 Å². The molecule has 1 aromatic carbocycles. The Labute approximate surface area is 104 Å². The Hall–Kier alpha value is -0.770. The van der Waals surface area contributed by atoms with Crippen LogP contribution in [0.5, 0.6) is 0 Å². The van der Waals surface area contributed by atoms with Gasteiger partial charge in [-0.05, 0) is 25.0 Å². The fourth-order valence-corrected chi connectivity index (χ4v) is 1.94. The van der Waals surface area contributed by atoms with Crippen molar-refractivity contribution in [2.75, 3.05) is 6.61 Å². The molecule has 2 rings (SSSR count). The zero-order valence-electron chi connectivity index (χ0n) is 8.66. The molecular weight excluding hydrogens is 247 g/mol. The number of nitrogens with zero attached hydrogens (tertiary/aromatic N) is 2. The van der Waals surface area contributed by atoms with Crippen LogP contribution >= 0.6 is 23.2 Å². The number of benzene rings is 1. The van der Waals surface area contributed by atoms with Crippen LogP contribution in [0.1, 0.15) is 12.8 Å². The van der Waals surface area contributed by atoms with Crippen molar-refractivity contribution in [1.82, 2.24) is 9.55 Å². The van der Waals surface area contributed by atoms with Crippen LogP contribution in [0.3, 0.4) is 0 Å². The fourth-order valence-electron chi connectivity index (χ4n) is 1.63. The zero-order chi connectivity index (χ0) is 11.5. The van der Waals surface area contributed by atoms with E-state index in [9.17, 15) is 0 Å². The molecule has 86 valence electrons. The Morgan fingerprint density at radius 1 is 1.19 bits per heavy atom. The number of rotatable bonds is 4. The molecule has 0 saturated heterocycles. The highest BCUT2D eigenvalue weighted by Crippen LogP contribution is 2.27. The summed E-state index contributed by atoms with van der Waals surface area (Å²) in [5.41, 5.74) is 1.82. The molecule has 0 aliphatic rings. The Kier molecular flexibility index (Phi) is 3.69. The molecule has 0 atom stereocenters. The van der Waals surface area contributed by atoms with Crippen molar-refractivity contribution >= 4 is 34.2 Å². The first-order valence-corrected chi connectivity index (χ1v) is 5.88. The lowest BCUT2D eigenvalue weighted by atomic mass is 10.3. The quantitative estimate of drug-likeness (QED) is 0.856. The third kappa shape index (κ3) is 2.32. The molecule has 2 aromatic rings. The van der Waals surface area contributed by atoms with Gasteiger partial charge in [-0.2, -0.15) is 0 Å². The maximum atomic E-state index is 8.73. The predicted molar refractivity (Wildman–Crippen MR) is 66.1 cm³/mol. The average molecular weight is 259 g/mol. The summed E-state index contributed by atoms with van der Waals surface area (Å²) >= 11 is 11.9. The molecule has 0 radical (unpaired) electrons. The molecule has 5 heteroatoms. The largest absolute Gasteiger partial charge is 0.396 e. The van der Waals surface area contributed by atoms with Crippen molar-refractivity contribution in [3.05, 3.63) is 28.5 Å². The molecule has 1 N–H and O–H groups in total. The average Bonchev–Trinajstić information content (AvgIpc) is 2.63. The minimum atomic E-state index is 0.221. The highest BCUT2D eigenvalue weighted by Gasteiger charge is 2.06. The number of hydrogen-bond acceptors (Lipinski definition) is 2. The minimum Gasteiger partial charge on any atom is -0.396 e. The second-order valence-electron chi connectivity index (χ2n) is 3.62. The third-order valence-electron chi connectivity index (χ3n) is 2.47. The summed E-state index contributed by atoms with van der Waals surface area (Å²) in [7, 11) is 0. The van der Waals surface area contributed by atoms with Gasteiger partial charge in [-0.3, -0.25) is 0 Å². The number of unbranched alkanes of at least 4 members (excludes halogenated alkanes) is 1. The topological polar surface area (TPSA) is 38.0 Å². The highest BCUT2D eigenvalue weighted by molar-refractivity contribution is 6.42. The molecule has 0 amide bonds. The standard InChI is InChI=1S/C11H12Cl2N2O/c12-8-5-10-11(6-9(8)13)15(7-14-10)3-1-2-4-16/h5-7,16H,1-4H2. The molecular formula is C11H12Cl2N2O. The van der Waals surface area contributed by atoms with Crippen LogP contribution in [0, 0.1) is 0 Å². The van der Waals surface area contributed by atoms with E-state index in [1.54, 1.807) is 12.4 Å². The zero-order valence-corrected chi connectivity index (χ0v) is 10.2. The molecule has 0 bridgehead atoms. The summed E-state index contributed by atoms with van der Waals surface area (Å²) in [5.74, 6) is 0. The summed E-state index contributed by atoms with van der Waals surface area (Å²) in [4.78, 5) is 4.26. The number of imidazole rings is 1. The van der Waals surface area contributed by atoms with Gasteiger partial charge in [-0.25, -0.2) is 4.98 Å². The van der Waals surface area contributed by atoms with Gasteiger partial charge in [0.05, 0.1) is 27.4 Å². The first kappa shape index (κ1) is 11.7. The van der Waals surface area contributed by atoms with Crippen LogP contribution in [0.25, 0.3) is 11.0 Å². The number of aliphatic hydroxyl groups excluding tert-OH is 1. The van der Waals surface area contributed by atoms with E-state index in [2.05, 4.69) is 4.98 Å². The van der Waals surface area contributed by atoms with Crippen LogP contribution in [0.2, 0.25) is 10.0 Å². The van der Waals surface area contributed by atoms with Gasteiger partial charge in [0.25, 0.3) is 0 Å². The molecule has 3 nitrogen and oxygen atoms in total. The smallest absolute Gasteiger partial charge is 0.0958 e. The van der Waals surface area contributed by atoms with Gasteiger partial charge >= 0.3 is 0 Å². The number of hydrogen-bond donors (Lipinski definition) is 1. The van der Waals surface area contributed by atoms with E-state index in [0.717, 1.165) is 30.4 Å². The highest BCUT2D eigenvalue weighted by atomic mass is 35.5. The van der Waals surface area contributed by atoms with E-state index in [-0.39, 0.29) is 6.61 Å². The molecule has 16 heavy (non-hydrogen) atoms. The SMILES string of the molecule is OCCCCn1cnc2cc(Cl)c(Cl)cc21. The van der Waals surface area contributed by atoms with Gasteiger partial charge < -0.3 is 9.67 Å². The first-order chi connectivity index (χ1) is 7.72. The van der Waals surface area contributed by atoms with E-state index >= 15 is 0 Å². The molecule has 0 saturated carbocycles. The van der Waals surface area contributed by atoms with Crippen LogP contribution < -0.4 is 0 Å². The number of aryl methyl sites for hydroxylation is 1. The predicted octanol–water partition coefficient (Wildman–Crippen LogP) is 3.12. The Morgan fingerprint density at radius 2 is 1.94 bits per heavy atom. The first-order valence-electron chi connectivity index (χ1n) is 5.13. The van der Waals surface area contributed by atoms with Crippen molar-refractivity contribution in [2.45, 2.75) is 19.4 Å². The number of halogens is 2. The molecule has 0 aliphatic heterocycles. The summed E-state index contributed by atoms with van der Waals surface area (Å²) in [6.07, 6.45) is 3.48. The minimum absolute atomic E-state index is 0.221. The molecule has 0 spiro atoms. The van der Waals surface area contributed by atoms with E-state index in [1.807, 2.05) is 10.6 Å². The number of fused-ring (bicyclic) bond motifs is 1.